The lowest BCUT2D eigenvalue weighted by Gasteiger charge is -2.36. The van der Waals surface area contributed by atoms with Gasteiger partial charge in [0.05, 0.1) is 5.56 Å². The minimum absolute atomic E-state index is 0.145. The molecule has 8 heteroatoms. The van der Waals surface area contributed by atoms with Crippen molar-refractivity contribution in [3.8, 4) is 6.07 Å². The summed E-state index contributed by atoms with van der Waals surface area (Å²) < 4.78 is 0. The first-order valence-electron chi connectivity index (χ1n) is 11.1. The van der Waals surface area contributed by atoms with E-state index < -0.39 is 17.5 Å². The fourth-order valence-electron chi connectivity index (χ4n) is 4.85. The summed E-state index contributed by atoms with van der Waals surface area (Å²) >= 11 is 1.46. The SMILES string of the molecule is CCC(C)(C)[C@H]1CCc2c(sc(NC(=O)CN3C(=O)N[C@](C)(C4CC4)C3=O)c2C#N)C1. The molecule has 2 N–H and O–H groups in total. The average Bonchev–Trinajstić information content (AvgIpc) is 3.49. The summed E-state index contributed by atoms with van der Waals surface area (Å²) in [7, 11) is 0. The molecule has 0 unspecified atom stereocenters. The van der Waals surface area contributed by atoms with Crippen molar-refractivity contribution in [3.05, 3.63) is 16.0 Å². The van der Waals surface area contributed by atoms with Crippen molar-refractivity contribution < 1.29 is 14.4 Å². The molecule has 0 bridgehead atoms. The highest BCUT2D eigenvalue weighted by Crippen LogP contribution is 2.45. The Morgan fingerprint density at radius 1 is 1.35 bits per heavy atom. The number of carbonyl (C=O) groups excluding carboxylic acids is 3. The molecule has 1 aliphatic heterocycles. The second-order valence-electron chi connectivity index (χ2n) is 9.95. The highest BCUT2D eigenvalue weighted by atomic mass is 32.1. The molecule has 2 heterocycles. The summed E-state index contributed by atoms with van der Waals surface area (Å²) in [5.41, 5.74) is 0.900. The summed E-state index contributed by atoms with van der Waals surface area (Å²) in [4.78, 5) is 40.0. The molecule has 0 radical (unpaired) electrons. The van der Waals surface area contributed by atoms with Crippen LogP contribution in [0, 0.1) is 28.6 Å². The highest BCUT2D eigenvalue weighted by molar-refractivity contribution is 7.16. The molecule has 7 nitrogen and oxygen atoms in total. The van der Waals surface area contributed by atoms with Crippen LogP contribution in [-0.4, -0.2) is 34.8 Å². The van der Waals surface area contributed by atoms with E-state index in [1.807, 2.05) is 0 Å². The van der Waals surface area contributed by atoms with Gasteiger partial charge in [0, 0.05) is 4.88 Å². The van der Waals surface area contributed by atoms with Crippen molar-refractivity contribution >= 4 is 34.2 Å². The zero-order chi connectivity index (χ0) is 22.6. The monoisotopic (exact) mass is 442 g/mol. The number of thiophene rings is 1. The zero-order valence-electron chi connectivity index (χ0n) is 18.6. The summed E-state index contributed by atoms with van der Waals surface area (Å²) in [6.07, 6.45) is 5.70. The van der Waals surface area contributed by atoms with Gasteiger partial charge in [-0.1, -0.05) is 27.2 Å². The van der Waals surface area contributed by atoms with Crippen LogP contribution in [0.1, 0.15) is 69.4 Å². The van der Waals surface area contributed by atoms with Gasteiger partial charge in [-0.15, -0.1) is 11.3 Å². The lowest BCUT2D eigenvalue weighted by molar-refractivity contribution is -0.134. The molecule has 166 valence electrons. The number of nitrogens with one attached hydrogen (secondary N) is 2. The maximum atomic E-state index is 12.8. The Kier molecular flexibility index (Phi) is 5.37. The lowest BCUT2D eigenvalue weighted by atomic mass is 9.69. The summed E-state index contributed by atoms with van der Waals surface area (Å²) in [5, 5.41) is 15.8. The topological polar surface area (TPSA) is 102 Å². The number of hydrogen-bond donors (Lipinski definition) is 2. The Bertz CT molecular complexity index is 988. The molecule has 0 aromatic carbocycles. The summed E-state index contributed by atoms with van der Waals surface area (Å²) in [5.74, 6) is -0.105. The molecule has 2 atom stereocenters. The van der Waals surface area contributed by atoms with Crippen molar-refractivity contribution in [2.24, 2.45) is 17.3 Å². The predicted molar refractivity (Wildman–Crippen MR) is 119 cm³/mol. The van der Waals surface area contributed by atoms with Crippen LogP contribution in [0.4, 0.5) is 9.80 Å². The molecule has 1 saturated heterocycles. The molecule has 2 fully saturated rings. The predicted octanol–water partition coefficient (Wildman–Crippen LogP) is 3.82. The first-order valence-corrected chi connectivity index (χ1v) is 11.9. The van der Waals surface area contributed by atoms with E-state index in [0.29, 0.717) is 16.5 Å². The van der Waals surface area contributed by atoms with E-state index >= 15 is 0 Å². The van der Waals surface area contributed by atoms with Crippen LogP contribution in [-0.2, 0) is 22.4 Å². The quantitative estimate of drug-likeness (QED) is 0.654. The third-order valence-corrected chi connectivity index (χ3v) is 8.81. The van der Waals surface area contributed by atoms with Gasteiger partial charge in [-0.3, -0.25) is 14.5 Å². The average molecular weight is 443 g/mol. The fourth-order valence-corrected chi connectivity index (χ4v) is 6.15. The Labute approximate surface area is 187 Å². The van der Waals surface area contributed by atoms with Crippen molar-refractivity contribution in [3.63, 3.8) is 0 Å². The molecule has 2 aliphatic carbocycles. The number of imide groups is 1. The minimum Gasteiger partial charge on any atom is -0.323 e. The highest BCUT2D eigenvalue weighted by Gasteiger charge is 2.56. The number of urea groups is 1. The molecule has 1 aromatic rings. The Hall–Kier alpha value is -2.40. The standard InChI is InChI=1S/C23H30N4O3S/c1-5-22(2,3)14-8-9-15-16(11-24)19(31-17(15)10-14)25-18(28)12-27-20(29)23(4,13-6-7-13)26-21(27)30/h13-14H,5-10,12H2,1-4H3,(H,25,28)(H,26,30)/t14-,23+/m0/s1. The van der Waals surface area contributed by atoms with E-state index in [1.165, 1.54) is 16.2 Å². The number of fused-ring (bicyclic) bond motifs is 1. The van der Waals surface area contributed by atoms with Crippen LogP contribution in [0.5, 0.6) is 0 Å². The van der Waals surface area contributed by atoms with Crippen molar-refractivity contribution in [1.82, 2.24) is 10.2 Å². The first kappa shape index (κ1) is 21.8. The summed E-state index contributed by atoms with van der Waals surface area (Å²) in [6.45, 7) is 8.18. The van der Waals surface area contributed by atoms with E-state index in [-0.39, 0.29) is 23.8 Å². The van der Waals surface area contributed by atoms with E-state index in [0.717, 1.165) is 49.0 Å². The van der Waals surface area contributed by atoms with Gasteiger partial charge >= 0.3 is 6.03 Å². The molecule has 1 aromatic heterocycles. The number of nitriles is 1. The Balaban J connectivity index is 1.48. The molecule has 4 amide bonds. The molecule has 0 spiro atoms. The van der Waals surface area contributed by atoms with Crippen LogP contribution < -0.4 is 10.6 Å². The van der Waals surface area contributed by atoms with E-state index in [4.69, 9.17) is 0 Å². The van der Waals surface area contributed by atoms with Gasteiger partial charge in [0.25, 0.3) is 5.91 Å². The molecular formula is C23H30N4O3S. The second-order valence-corrected chi connectivity index (χ2v) is 11.1. The summed E-state index contributed by atoms with van der Waals surface area (Å²) in [6, 6.07) is 1.74. The fraction of sp³-hybridized carbons (Fsp3) is 0.652. The van der Waals surface area contributed by atoms with Gasteiger partial charge in [-0.2, -0.15) is 5.26 Å². The maximum Gasteiger partial charge on any atom is 0.325 e. The van der Waals surface area contributed by atoms with E-state index in [1.54, 1.807) is 6.92 Å². The van der Waals surface area contributed by atoms with Crippen molar-refractivity contribution in [1.29, 1.82) is 5.26 Å². The largest absolute Gasteiger partial charge is 0.325 e. The Morgan fingerprint density at radius 3 is 2.68 bits per heavy atom. The lowest BCUT2D eigenvalue weighted by Crippen LogP contribution is -2.46. The van der Waals surface area contributed by atoms with Crippen LogP contribution >= 0.6 is 11.3 Å². The van der Waals surface area contributed by atoms with Crippen molar-refractivity contribution in [2.45, 2.75) is 71.8 Å². The molecular weight excluding hydrogens is 412 g/mol. The van der Waals surface area contributed by atoms with E-state index in [2.05, 4.69) is 37.5 Å². The number of anilines is 1. The van der Waals surface area contributed by atoms with Gasteiger partial charge in [0.1, 0.15) is 23.2 Å². The molecule has 31 heavy (non-hydrogen) atoms. The van der Waals surface area contributed by atoms with Gasteiger partial charge in [-0.05, 0) is 61.8 Å². The van der Waals surface area contributed by atoms with Crippen molar-refractivity contribution in [2.75, 3.05) is 11.9 Å². The van der Waals surface area contributed by atoms with Gasteiger partial charge in [-0.25, -0.2) is 4.79 Å². The Morgan fingerprint density at radius 2 is 2.06 bits per heavy atom. The van der Waals surface area contributed by atoms with Crippen LogP contribution in [0.3, 0.4) is 0 Å². The van der Waals surface area contributed by atoms with Gasteiger partial charge in [0.2, 0.25) is 5.91 Å². The smallest absolute Gasteiger partial charge is 0.323 e. The van der Waals surface area contributed by atoms with Crippen LogP contribution in [0.2, 0.25) is 0 Å². The van der Waals surface area contributed by atoms with E-state index in [9.17, 15) is 19.6 Å². The number of rotatable bonds is 6. The van der Waals surface area contributed by atoms with Crippen LogP contribution in [0.15, 0.2) is 0 Å². The van der Waals surface area contributed by atoms with Gasteiger partial charge in [0.15, 0.2) is 0 Å². The number of amides is 4. The maximum absolute atomic E-state index is 12.8. The zero-order valence-corrected chi connectivity index (χ0v) is 19.4. The molecule has 3 aliphatic rings. The number of nitrogens with zero attached hydrogens (tertiary/aromatic N) is 2. The van der Waals surface area contributed by atoms with Crippen LogP contribution in [0.25, 0.3) is 0 Å². The first-order chi connectivity index (χ1) is 14.6. The normalized spacial score (nSPS) is 25.8. The molecule has 4 rings (SSSR count). The second kappa shape index (κ2) is 7.63. The number of carbonyl (C=O) groups is 3. The molecule has 1 saturated carbocycles. The number of hydrogen-bond acceptors (Lipinski definition) is 5. The van der Waals surface area contributed by atoms with Gasteiger partial charge < -0.3 is 10.6 Å². The third kappa shape index (κ3) is 3.73. The third-order valence-electron chi connectivity index (χ3n) is 7.64. The minimum atomic E-state index is -0.904.